The molecular weight excluding hydrogens is 340 g/mol. The second kappa shape index (κ2) is 8.52. The van der Waals surface area contributed by atoms with E-state index in [1.807, 2.05) is 0 Å². The van der Waals surface area contributed by atoms with E-state index in [9.17, 15) is 0 Å². The zero-order chi connectivity index (χ0) is 19.3. The number of benzene rings is 2. The molecule has 142 valence electrons. The second-order valence-corrected chi connectivity index (χ2v) is 7.65. The summed E-state index contributed by atoms with van der Waals surface area (Å²) in [4.78, 5) is 9.74. The van der Waals surface area contributed by atoms with Crippen molar-refractivity contribution < 1.29 is 0 Å². The van der Waals surface area contributed by atoms with Crippen LogP contribution in [0.5, 0.6) is 0 Å². The highest BCUT2D eigenvalue weighted by Gasteiger charge is 2.06. The van der Waals surface area contributed by atoms with Crippen molar-refractivity contribution in [2.45, 2.75) is 52.4 Å². The summed E-state index contributed by atoms with van der Waals surface area (Å²) in [5.41, 5.74) is 6.74. The van der Waals surface area contributed by atoms with Crippen LogP contribution in [0.25, 0.3) is 33.2 Å². The van der Waals surface area contributed by atoms with Crippen molar-refractivity contribution in [3.05, 3.63) is 71.8 Å². The molecular formula is C26H28N2. The largest absolute Gasteiger partial charge is 0.246 e. The number of fused-ring (bicyclic) bond motifs is 2. The Morgan fingerprint density at radius 3 is 1.46 bits per heavy atom. The van der Waals surface area contributed by atoms with Gasteiger partial charge in [0.25, 0.3) is 0 Å². The van der Waals surface area contributed by atoms with Crippen LogP contribution >= 0.6 is 0 Å². The minimum Gasteiger partial charge on any atom is -0.246 e. The van der Waals surface area contributed by atoms with E-state index in [0.717, 1.165) is 35.3 Å². The van der Waals surface area contributed by atoms with Gasteiger partial charge >= 0.3 is 0 Å². The Hall–Kier alpha value is -2.74. The summed E-state index contributed by atoms with van der Waals surface area (Å²) in [7, 11) is 0. The highest BCUT2D eigenvalue weighted by atomic mass is 14.8. The van der Waals surface area contributed by atoms with E-state index >= 15 is 0 Å². The predicted molar refractivity (Wildman–Crippen MR) is 120 cm³/mol. The first-order valence-electron chi connectivity index (χ1n) is 10.6. The van der Waals surface area contributed by atoms with Gasteiger partial charge in [-0.05, 0) is 73.2 Å². The third kappa shape index (κ3) is 4.06. The summed E-state index contributed by atoms with van der Waals surface area (Å²) in [5, 5.41) is 2.41. The molecule has 4 rings (SSSR count). The van der Waals surface area contributed by atoms with E-state index in [1.165, 1.54) is 47.6 Å². The number of hydrogen-bond acceptors (Lipinski definition) is 2. The van der Waals surface area contributed by atoms with Crippen LogP contribution in [0.3, 0.4) is 0 Å². The Kier molecular flexibility index (Phi) is 5.66. The van der Waals surface area contributed by atoms with E-state index in [-0.39, 0.29) is 0 Å². The van der Waals surface area contributed by atoms with Gasteiger partial charge in [-0.15, -0.1) is 0 Å². The Morgan fingerprint density at radius 1 is 0.571 bits per heavy atom. The Morgan fingerprint density at radius 2 is 1.04 bits per heavy atom. The monoisotopic (exact) mass is 368 g/mol. The molecule has 0 aliphatic carbocycles. The van der Waals surface area contributed by atoms with E-state index in [0.29, 0.717) is 0 Å². The van der Waals surface area contributed by atoms with E-state index in [4.69, 9.17) is 9.97 Å². The summed E-state index contributed by atoms with van der Waals surface area (Å²) in [6.45, 7) is 4.47. The van der Waals surface area contributed by atoms with E-state index in [1.54, 1.807) is 0 Å². The lowest BCUT2D eigenvalue weighted by molar-refractivity contribution is 0.796. The molecule has 0 aliphatic rings. The summed E-state index contributed by atoms with van der Waals surface area (Å²) < 4.78 is 0. The van der Waals surface area contributed by atoms with Crippen LogP contribution in [0, 0.1) is 0 Å². The predicted octanol–water partition coefficient (Wildman–Crippen LogP) is 7.14. The normalized spacial score (nSPS) is 11.4. The summed E-state index contributed by atoms with van der Waals surface area (Å²) in [6, 6.07) is 21.8. The average molecular weight is 369 g/mol. The number of aryl methyl sites for hydroxylation is 2. The number of rotatable bonds is 7. The van der Waals surface area contributed by atoms with Crippen LogP contribution < -0.4 is 0 Å². The maximum absolute atomic E-state index is 4.87. The van der Waals surface area contributed by atoms with Gasteiger partial charge in [-0.3, -0.25) is 0 Å². The van der Waals surface area contributed by atoms with E-state index < -0.39 is 0 Å². The van der Waals surface area contributed by atoms with Crippen molar-refractivity contribution in [1.82, 2.24) is 9.97 Å². The van der Waals surface area contributed by atoms with Gasteiger partial charge in [-0.1, -0.05) is 51.0 Å². The molecule has 0 saturated heterocycles. The lowest BCUT2D eigenvalue weighted by atomic mass is 10.0. The molecule has 2 aromatic heterocycles. The minimum absolute atomic E-state index is 0.936. The fourth-order valence-corrected chi connectivity index (χ4v) is 3.71. The van der Waals surface area contributed by atoms with Gasteiger partial charge in [0.2, 0.25) is 0 Å². The van der Waals surface area contributed by atoms with Gasteiger partial charge in [0.1, 0.15) is 0 Å². The van der Waals surface area contributed by atoms with Crippen molar-refractivity contribution in [1.29, 1.82) is 0 Å². The van der Waals surface area contributed by atoms with Gasteiger partial charge < -0.3 is 0 Å². The second-order valence-electron chi connectivity index (χ2n) is 7.65. The topological polar surface area (TPSA) is 25.8 Å². The number of unbranched alkanes of at least 4 members (excludes halogenated alkanes) is 2. The van der Waals surface area contributed by atoms with Crippen molar-refractivity contribution in [3.8, 4) is 11.4 Å². The Balaban J connectivity index is 1.63. The van der Waals surface area contributed by atoms with Crippen LogP contribution in [0.1, 0.15) is 50.7 Å². The fourth-order valence-electron chi connectivity index (χ4n) is 3.71. The van der Waals surface area contributed by atoms with Gasteiger partial charge in [-0.2, -0.15) is 0 Å². The third-order valence-corrected chi connectivity index (χ3v) is 5.41. The molecule has 0 radical (unpaired) electrons. The molecule has 2 heteroatoms. The van der Waals surface area contributed by atoms with Gasteiger partial charge in [0.05, 0.1) is 22.4 Å². The maximum atomic E-state index is 4.87. The molecule has 0 spiro atoms. The third-order valence-electron chi connectivity index (χ3n) is 5.41. The molecule has 0 fully saturated rings. The van der Waals surface area contributed by atoms with Crippen molar-refractivity contribution in [3.63, 3.8) is 0 Å². The molecule has 0 atom stereocenters. The molecule has 2 nitrogen and oxygen atoms in total. The summed E-state index contributed by atoms with van der Waals surface area (Å²) >= 11 is 0. The summed E-state index contributed by atoms with van der Waals surface area (Å²) in [6.07, 6.45) is 7.20. The highest BCUT2D eigenvalue weighted by molar-refractivity contribution is 5.84. The first kappa shape index (κ1) is 18.6. The van der Waals surface area contributed by atoms with Crippen molar-refractivity contribution >= 4 is 21.8 Å². The standard InChI is InChI=1S/C26H28N2/c1-3-5-7-19-9-13-23-21(17-19)11-15-25(27-23)26-16-12-22-18-20(8-6-4-2)10-14-24(22)28-26/h9-18H,3-8H2,1-2H3. The van der Waals surface area contributed by atoms with Crippen LogP contribution in [-0.2, 0) is 12.8 Å². The molecule has 0 unspecified atom stereocenters. The quantitative estimate of drug-likeness (QED) is 0.346. The lowest BCUT2D eigenvalue weighted by Crippen LogP contribution is -1.92. The summed E-state index contributed by atoms with van der Waals surface area (Å²) in [5.74, 6) is 0. The molecule has 2 aromatic carbocycles. The number of hydrogen-bond donors (Lipinski definition) is 0. The molecule has 0 saturated carbocycles. The first-order chi connectivity index (χ1) is 13.8. The van der Waals surface area contributed by atoms with E-state index in [2.05, 4.69) is 74.5 Å². The zero-order valence-corrected chi connectivity index (χ0v) is 16.9. The maximum Gasteiger partial charge on any atom is 0.0894 e. The molecule has 28 heavy (non-hydrogen) atoms. The fraction of sp³-hybridized carbons (Fsp3) is 0.308. The lowest BCUT2D eigenvalue weighted by Gasteiger charge is -2.07. The number of pyridine rings is 2. The molecule has 0 aliphatic heterocycles. The molecule has 2 heterocycles. The smallest absolute Gasteiger partial charge is 0.0894 e. The molecule has 0 amide bonds. The highest BCUT2D eigenvalue weighted by Crippen LogP contribution is 2.24. The SMILES string of the molecule is CCCCc1ccc2nc(-c3ccc4cc(CCCC)ccc4n3)ccc2c1. The van der Waals surface area contributed by atoms with Crippen molar-refractivity contribution in [2.24, 2.45) is 0 Å². The van der Waals surface area contributed by atoms with Crippen LogP contribution in [0.2, 0.25) is 0 Å². The Labute approximate surface area is 167 Å². The molecule has 4 aromatic rings. The number of nitrogens with zero attached hydrogens (tertiary/aromatic N) is 2. The minimum atomic E-state index is 0.936. The van der Waals surface area contributed by atoms with Crippen LogP contribution in [0.4, 0.5) is 0 Å². The van der Waals surface area contributed by atoms with Crippen LogP contribution in [0.15, 0.2) is 60.7 Å². The number of aromatic nitrogens is 2. The van der Waals surface area contributed by atoms with Gasteiger partial charge in [-0.25, -0.2) is 9.97 Å². The molecule has 0 N–H and O–H groups in total. The average Bonchev–Trinajstić information content (AvgIpc) is 2.75. The molecule has 0 bridgehead atoms. The Bertz CT molecular complexity index is 1010. The van der Waals surface area contributed by atoms with Gasteiger partial charge in [0.15, 0.2) is 0 Å². The van der Waals surface area contributed by atoms with Crippen LogP contribution in [-0.4, -0.2) is 9.97 Å². The zero-order valence-electron chi connectivity index (χ0n) is 16.9. The first-order valence-corrected chi connectivity index (χ1v) is 10.6. The van der Waals surface area contributed by atoms with Crippen molar-refractivity contribution in [2.75, 3.05) is 0 Å². The van der Waals surface area contributed by atoms with Gasteiger partial charge in [0, 0.05) is 10.8 Å².